The molecule has 1 aliphatic heterocycles. The number of anilines is 1. The minimum atomic E-state index is -3.61. The van der Waals surface area contributed by atoms with Crippen molar-refractivity contribution in [1.82, 2.24) is 20.1 Å². The summed E-state index contributed by atoms with van der Waals surface area (Å²) in [5.74, 6) is -1.40. The molecule has 0 fully saturated rings. The highest BCUT2D eigenvalue weighted by Crippen LogP contribution is 2.37. The molecule has 0 radical (unpaired) electrons. The van der Waals surface area contributed by atoms with Crippen molar-refractivity contribution in [1.29, 1.82) is 0 Å². The highest BCUT2D eigenvalue weighted by molar-refractivity contribution is 7.89. The molecule has 0 atom stereocenters. The molecular weight excluding hydrogens is 454 g/mol. The molecular formula is C20H25N5O5S2. The minimum absolute atomic E-state index is 0.0732. The Morgan fingerprint density at radius 2 is 1.72 bits per heavy atom. The fraction of sp³-hybridized carbons (Fsp3) is 0.350. The fourth-order valence-corrected chi connectivity index (χ4v) is 5.45. The summed E-state index contributed by atoms with van der Waals surface area (Å²) in [5, 5.41) is 3.15. The predicted octanol–water partition coefficient (Wildman–Crippen LogP) is 1.02. The van der Waals surface area contributed by atoms with Crippen LogP contribution in [0.5, 0.6) is 0 Å². The number of carbonyl (C=O) groups excluding carboxylic acids is 3. The van der Waals surface area contributed by atoms with Gasteiger partial charge in [-0.3, -0.25) is 25.2 Å². The monoisotopic (exact) mass is 479 g/mol. The van der Waals surface area contributed by atoms with Gasteiger partial charge in [-0.05, 0) is 43.3 Å². The van der Waals surface area contributed by atoms with E-state index in [2.05, 4.69) is 21.1 Å². The second-order valence-corrected chi connectivity index (χ2v) is 10.9. The first-order chi connectivity index (χ1) is 15.0. The summed E-state index contributed by atoms with van der Waals surface area (Å²) in [6.07, 6.45) is 0.637. The van der Waals surface area contributed by atoms with Gasteiger partial charge in [-0.1, -0.05) is 0 Å². The van der Waals surface area contributed by atoms with E-state index in [1.54, 1.807) is 0 Å². The third-order valence-corrected chi connectivity index (χ3v) is 7.91. The highest BCUT2D eigenvalue weighted by Gasteiger charge is 2.28. The van der Waals surface area contributed by atoms with Crippen molar-refractivity contribution >= 4 is 44.1 Å². The molecule has 12 heteroatoms. The molecule has 10 nitrogen and oxygen atoms in total. The average Bonchev–Trinajstić information content (AvgIpc) is 3.08. The summed E-state index contributed by atoms with van der Waals surface area (Å²) in [5.41, 5.74) is 6.06. The number of nitrogens with zero attached hydrogens (tertiary/aromatic N) is 2. The Labute approximate surface area is 190 Å². The Balaban J connectivity index is 1.88. The van der Waals surface area contributed by atoms with Crippen LogP contribution in [-0.4, -0.2) is 63.0 Å². The third-order valence-electron chi connectivity index (χ3n) is 4.95. The van der Waals surface area contributed by atoms with Gasteiger partial charge in [0.25, 0.3) is 11.8 Å². The van der Waals surface area contributed by atoms with E-state index in [0.29, 0.717) is 23.5 Å². The van der Waals surface area contributed by atoms with Crippen molar-refractivity contribution < 1.29 is 22.8 Å². The summed E-state index contributed by atoms with van der Waals surface area (Å²) in [7, 11) is 1.23. The summed E-state index contributed by atoms with van der Waals surface area (Å²) >= 11 is 1.31. The third kappa shape index (κ3) is 4.99. The molecule has 32 heavy (non-hydrogen) atoms. The molecule has 3 N–H and O–H groups in total. The van der Waals surface area contributed by atoms with Crippen LogP contribution in [0.1, 0.15) is 38.1 Å². The van der Waals surface area contributed by atoms with Crippen LogP contribution in [0.3, 0.4) is 0 Å². The second kappa shape index (κ2) is 9.36. The van der Waals surface area contributed by atoms with Gasteiger partial charge in [-0.15, -0.1) is 11.3 Å². The number of likely N-dealkylation sites (N-methyl/N-ethyl adjacent to an activating group) is 1. The SMILES string of the molecule is CC(=O)NNC(=O)c1c(NC(=O)c2ccc(S(=O)(=O)N(C)C)cc2)sc2c1CCN(C)C2. The molecule has 3 amide bonds. The fourth-order valence-electron chi connectivity index (χ4n) is 3.23. The van der Waals surface area contributed by atoms with Crippen molar-refractivity contribution in [3.63, 3.8) is 0 Å². The number of nitrogens with one attached hydrogen (secondary N) is 3. The molecule has 1 aromatic heterocycles. The predicted molar refractivity (Wildman–Crippen MR) is 121 cm³/mol. The van der Waals surface area contributed by atoms with Gasteiger partial charge in [0.1, 0.15) is 5.00 Å². The van der Waals surface area contributed by atoms with Crippen molar-refractivity contribution in [2.24, 2.45) is 0 Å². The number of sulfonamides is 1. The summed E-state index contributed by atoms with van der Waals surface area (Å²) < 4.78 is 25.5. The number of carbonyl (C=O) groups is 3. The van der Waals surface area contributed by atoms with Crippen LogP contribution in [0, 0.1) is 0 Å². The molecule has 2 heterocycles. The number of amides is 3. The van der Waals surface area contributed by atoms with Crippen molar-refractivity contribution in [3.05, 3.63) is 45.8 Å². The Morgan fingerprint density at radius 1 is 1.06 bits per heavy atom. The summed E-state index contributed by atoms with van der Waals surface area (Å²) in [6, 6.07) is 5.57. The van der Waals surface area contributed by atoms with Gasteiger partial charge in [0.05, 0.1) is 10.5 Å². The number of fused-ring (bicyclic) bond motifs is 1. The number of hydrazine groups is 1. The zero-order chi connectivity index (χ0) is 23.6. The molecule has 1 aromatic carbocycles. The maximum atomic E-state index is 12.9. The van der Waals surface area contributed by atoms with Crippen LogP contribution >= 0.6 is 11.3 Å². The van der Waals surface area contributed by atoms with E-state index in [9.17, 15) is 22.8 Å². The maximum absolute atomic E-state index is 12.9. The van der Waals surface area contributed by atoms with Crippen LogP contribution < -0.4 is 16.2 Å². The zero-order valence-electron chi connectivity index (χ0n) is 18.2. The van der Waals surface area contributed by atoms with E-state index in [4.69, 9.17) is 0 Å². The van der Waals surface area contributed by atoms with E-state index in [1.165, 1.54) is 56.6 Å². The molecule has 172 valence electrons. The summed E-state index contributed by atoms with van der Waals surface area (Å²) in [6.45, 7) is 2.69. The highest BCUT2D eigenvalue weighted by atomic mass is 32.2. The molecule has 2 aromatic rings. The van der Waals surface area contributed by atoms with Crippen LogP contribution in [0.25, 0.3) is 0 Å². The van der Waals surface area contributed by atoms with E-state index >= 15 is 0 Å². The van der Waals surface area contributed by atoms with Crippen molar-refractivity contribution in [2.45, 2.75) is 24.8 Å². The number of thiophene rings is 1. The first-order valence-corrected chi connectivity index (χ1v) is 12.0. The lowest BCUT2D eigenvalue weighted by molar-refractivity contribution is -0.119. The van der Waals surface area contributed by atoms with Gasteiger partial charge in [-0.25, -0.2) is 12.7 Å². The molecule has 1 aliphatic rings. The Morgan fingerprint density at radius 3 is 2.31 bits per heavy atom. The van der Waals surface area contributed by atoms with Crippen LogP contribution in [0.2, 0.25) is 0 Å². The molecule has 3 rings (SSSR count). The lowest BCUT2D eigenvalue weighted by atomic mass is 10.0. The van der Waals surface area contributed by atoms with Gasteiger partial charge in [0, 0.05) is 44.5 Å². The normalized spacial score (nSPS) is 14.0. The smallest absolute Gasteiger partial charge is 0.272 e. The van der Waals surface area contributed by atoms with E-state index in [1.807, 2.05) is 7.05 Å². The second-order valence-electron chi connectivity index (χ2n) is 7.60. The molecule has 0 unspecified atom stereocenters. The Kier molecular flexibility index (Phi) is 6.98. The van der Waals surface area contributed by atoms with Gasteiger partial charge >= 0.3 is 0 Å². The first-order valence-electron chi connectivity index (χ1n) is 9.74. The zero-order valence-corrected chi connectivity index (χ0v) is 19.8. The minimum Gasteiger partial charge on any atom is -0.313 e. The molecule has 0 bridgehead atoms. The van der Waals surface area contributed by atoms with Crippen LogP contribution in [0.15, 0.2) is 29.2 Å². The largest absolute Gasteiger partial charge is 0.313 e. The number of hydrogen-bond donors (Lipinski definition) is 3. The lowest BCUT2D eigenvalue weighted by Crippen LogP contribution is -2.41. The Bertz CT molecular complexity index is 1160. The van der Waals surface area contributed by atoms with Gasteiger partial charge in [0.2, 0.25) is 15.9 Å². The maximum Gasteiger partial charge on any atom is 0.272 e. The molecule has 0 saturated heterocycles. The Hall–Kier alpha value is -2.80. The number of hydrogen-bond acceptors (Lipinski definition) is 7. The van der Waals surface area contributed by atoms with Crippen molar-refractivity contribution in [2.75, 3.05) is 33.0 Å². The van der Waals surface area contributed by atoms with Crippen LogP contribution in [-0.2, 0) is 27.8 Å². The molecule has 0 aliphatic carbocycles. The van der Waals surface area contributed by atoms with E-state index < -0.39 is 27.7 Å². The van der Waals surface area contributed by atoms with Gasteiger partial charge in [0.15, 0.2) is 0 Å². The van der Waals surface area contributed by atoms with Crippen LogP contribution in [0.4, 0.5) is 5.00 Å². The van der Waals surface area contributed by atoms with Crippen molar-refractivity contribution in [3.8, 4) is 0 Å². The number of benzene rings is 1. The lowest BCUT2D eigenvalue weighted by Gasteiger charge is -2.22. The first kappa shape index (κ1) is 23.9. The van der Waals surface area contributed by atoms with E-state index in [-0.39, 0.29) is 10.5 Å². The molecule has 0 spiro atoms. The van der Waals surface area contributed by atoms with Gasteiger partial charge in [-0.2, -0.15) is 0 Å². The average molecular weight is 480 g/mol. The van der Waals surface area contributed by atoms with E-state index in [0.717, 1.165) is 21.3 Å². The molecule has 0 saturated carbocycles. The quantitative estimate of drug-likeness (QED) is 0.550. The summed E-state index contributed by atoms with van der Waals surface area (Å²) in [4.78, 5) is 40.0. The van der Waals surface area contributed by atoms with Gasteiger partial charge < -0.3 is 10.2 Å². The topological polar surface area (TPSA) is 128 Å². The standard InChI is InChI=1S/C20H25N5O5S2/c1-12(26)22-23-19(28)17-15-9-10-25(4)11-16(15)31-20(17)21-18(27)13-5-7-14(8-6-13)32(29,30)24(2)3/h5-8H,9-11H2,1-4H3,(H,21,27)(H,22,26)(H,23,28). The number of rotatable bonds is 5.